The van der Waals surface area contributed by atoms with Crippen LogP contribution in [0.25, 0.3) is 0 Å². The topological polar surface area (TPSA) is 64.3 Å². The molecule has 1 aliphatic carbocycles. The van der Waals surface area contributed by atoms with Gasteiger partial charge in [-0.3, -0.25) is 9.69 Å². The Morgan fingerprint density at radius 2 is 2.15 bits per heavy atom. The number of carboxylic acids is 1. The van der Waals surface area contributed by atoms with E-state index < -0.39 is 5.97 Å². The first-order chi connectivity index (χ1) is 9.60. The summed E-state index contributed by atoms with van der Waals surface area (Å²) in [5.74, 6) is -0.775. The van der Waals surface area contributed by atoms with E-state index in [4.69, 9.17) is 10.4 Å². The van der Waals surface area contributed by atoms with Crippen LogP contribution in [-0.2, 0) is 11.3 Å². The van der Waals surface area contributed by atoms with Gasteiger partial charge < -0.3 is 5.11 Å². The lowest BCUT2D eigenvalue weighted by molar-refractivity contribution is -0.139. The third-order valence-electron chi connectivity index (χ3n) is 4.02. The Morgan fingerprint density at radius 3 is 2.70 bits per heavy atom. The maximum absolute atomic E-state index is 11.1. The lowest BCUT2D eigenvalue weighted by Gasteiger charge is -2.27. The summed E-state index contributed by atoms with van der Waals surface area (Å²) < 4.78 is 0. The summed E-state index contributed by atoms with van der Waals surface area (Å²) in [6, 6.07) is 8.11. The number of benzene rings is 1. The summed E-state index contributed by atoms with van der Waals surface area (Å²) in [5, 5.41) is 18.0. The predicted octanol–water partition coefficient (Wildman–Crippen LogP) is 2.70. The molecule has 0 spiro atoms. The zero-order chi connectivity index (χ0) is 14.5. The molecule has 1 aromatic carbocycles. The second-order valence-corrected chi connectivity index (χ2v) is 5.49. The normalized spacial score (nSPS) is 15.4. The molecule has 0 saturated heterocycles. The van der Waals surface area contributed by atoms with Crippen molar-refractivity contribution >= 4 is 5.97 Å². The second-order valence-electron chi connectivity index (χ2n) is 5.49. The minimum atomic E-state index is -0.775. The maximum atomic E-state index is 11.1. The average molecular weight is 272 g/mol. The van der Waals surface area contributed by atoms with Crippen LogP contribution in [0.5, 0.6) is 0 Å². The third kappa shape index (κ3) is 3.58. The first-order valence-corrected chi connectivity index (χ1v) is 7.05. The van der Waals surface area contributed by atoms with Gasteiger partial charge in [0.1, 0.15) is 0 Å². The SMILES string of the molecule is Cc1cc(C#N)ccc1CN(CC(=O)O)C1CCCC1. The van der Waals surface area contributed by atoms with Crippen LogP contribution in [0, 0.1) is 18.3 Å². The van der Waals surface area contributed by atoms with Gasteiger partial charge in [-0.1, -0.05) is 18.9 Å². The van der Waals surface area contributed by atoms with Gasteiger partial charge in [0.05, 0.1) is 18.2 Å². The molecule has 0 heterocycles. The van der Waals surface area contributed by atoms with Gasteiger partial charge in [-0.25, -0.2) is 0 Å². The van der Waals surface area contributed by atoms with E-state index >= 15 is 0 Å². The van der Waals surface area contributed by atoms with Gasteiger partial charge >= 0.3 is 5.97 Å². The van der Waals surface area contributed by atoms with E-state index in [9.17, 15) is 4.79 Å². The van der Waals surface area contributed by atoms with Gasteiger partial charge in [-0.2, -0.15) is 5.26 Å². The maximum Gasteiger partial charge on any atom is 0.317 e. The molecule has 1 saturated carbocycles. The van der Waals surface area contributed by atoms with Crippen molar-refractivity contribution in [2.75, 3.05) is 6.54 Å². The van der Waals surface area contributed by atoms with Crippen LogP contribution >= 0.6 is 0 Å². The molecule has 0 bridgehead atoms. The second kappa shape index (κ2) is 6.53. The van der Waals surface area contributed by atoms with Crippen LogP contribution in [0.2, 0.25) is 0 Å². The molecule has 0 radical (unpaired) electrons. The van der Waals surface area contributed by atoms with Crippen molar-refractivity contribution in [1.29, 1.82) is 5.26 Å². The monoisotopic (exact) mass is 272 g/mol. The van der Waals surface area contributed by atoms with Crippen molar-refractivity contribution in [1.82, 2.24) is 4.90 Å². The van der Waals surface area contributed by atoms with E-state index in [0.29, 0.717) is 18.2 Å². The Kier molecular flexibility index (Phi) is 4.75. The van der Waals surface area contributed by atoms with Crippen molar-refractivity contribution in [3.8, 4) is 6.07 Å². The van der Waals surface area contributed by atoms with Crippen molar-refractivity contribution < 1.29 is 9.90 Å². The number of nitriles is 1. The Hall–Kier alpha value is -1.86. The van der Waals surface area contributed by atoms with Gasteiger partial charge in [0.25, 0.3) is 0 Å². The number of aryl methyl sites for hydroxylation is 1. The molecule has 0 aliphatic heterocycles. The number of rotatable bonds is 5. The van der Waals surface area contributed by atoms with Crippen LogP contribution in [-0.4, -0.2) is 28.6 Å². The van der Waals surface area contributed by atoms with Crippen LogP contribution in [0.1, 0.15) is 42.4 Å². The molecule has 0 amide bonds. The molecule has 1 aromatic rings. The van der Waals surface area contributed by atoms with Crippen LogP contribution < -0.4 is 0 Å². The number of carboxylic acid groups (broad SMARTS) is 1. The molecular formula is C16H20N2O2. The van der Waals surface area contributed by atoms with E-state index in [2.05, 4.69) is 11.0 Å². The van der Waals surface area contributed by atoms with E-state index in [1.807, 2.05) is 19.1 Å². The zero-order valence-electron chi connectivity index (χ0n) is 11.8. The van der Waals surface area contributed by atoms with Crippen LogP contribution in [0.15, 0.2) is 18.2 Å². The fourth-order valence-corrected chi connectivity index (χ4v) is 2.92. The summed E-state index contributed by atoms with van der Waals surface area (Å²) >= 11 is 0. The summed E-state index contributed by atoms with van der Waals surface area (Å²) in [6.45, 7) is 2.71. The molecule has 0 aromatic heterocycles. The van der Waals surface area contributed by atoms with E-state index in [1.165, 1.54) is 12.8 Å². The lowest BCUT2D eigenvalue weighted by Crippen LogP contribution is -2.37. The van der Waals surface area contributed by atoms with Gasteiger partial charge in [0.15, 0.2) is 0 Å². The summed E-state index contributed by atoms with van der Waals surface area (Å²) in [6.07, 6.45) is 4.55. The molecular weight excluding hydrogens is 252 g/mol. The van der Waals surface area contributed by atoms with Crippen LogP contribution in [0.4, 0.5) is 0 Å². The lowest BCUT2D eigenvalue weighted by atomic mass is 10.0. The highest BCUT2D eigenvalue weighted by Gasteiger charge is 2.24. The molecule has 0 atom stereocenters. The summed E-state index contributed by atoms with van der Waals surface area (Å²) in [4.78, 5) is 13.1. The minimum absolute atomic E-state index is 0.0874. The smallest absolute Gasteiger partial charge is 0.317 e. The highest BCUT2D eigenvalue weighted by Crippen LogP contribution is 2.25. The molecule has 0 unspecified atom stereocenters. The molecule has 4 heteroatoms. The number of hydrogen-bond acceptors (Lipinski definition) is 3. The molecule has 106 valence electrons. The number of carbonyl (C=O) groups is 1. The standard InChI is InChI=1S/C16H20N2O2/c1-12-8-13(9-17)6-7-14(12)10-18(11-16(19)20)15-4-2-3-5-15/h6-8,15H,2-5,10-11H2,1H3,(H,19,20). The first-order valence-electron chi connectivity index (χ1n) is 7.05. The van der Waals surface area contributed by atoms with Crippen molar-refractivity contribution in [3.05, 3.63) is 34.9 Å². The first kappa shape index (κ1) is 14.5. The molecule has 1 N–H and O–H groups in total. The Morgan fingerprint density at radius 1 is 1.45 bits per heavy atom. The molecule has 20 heavy (non-hydrogen) atoms. The fourth-order valence-electron chi connectivity index (χ4n) is 2.92. The summed E-state index contributed by atoms with van der Waals surface area (Å²) in [7, 11) is 0. The molecule has 1 aliphatic rings. The Balaban J connectivity index is 2.14. The van der Waals surface area contributed by atoms with Crippen molar-refractivity contribution in [2.24, 2.45) is 0 Å². The largest absolute Gasteiger partial charge is 0.480 e. The van der Waals surface area contributed by atoms with Crippen molar-refractivity contribution in [3.63, 3.8) is 0 Å². The number of nitrogens with zero attached hydrogens (tertiary/aromatic N) is 2. The van der Waals surface area contributed by atoms with Gasteiger partial charge in [0.2, 0.25) is 0 Å². The quantitative estimate of drug-likeness (QED) is 0.895. The zero-order valence-corrected chi connectivity index (χ0v) is 11.8. The highest BCUT2D eigenvalue weighted by atomic mass is 16.4. The van der Waals surface area contributed by atoms with E-state index in [1.54, 1.807) is 6.07 Å². The van der Waals surface area contributed by atoms with Gasteiger partial charge in [0, 0.05) is 12.6 Å². The summed E-state index contributed by atoms with van der Waals surface area (Å²) in [5.41, 5.74) is 2.81. The Bertz CT molecular complexity index is 528. The molecule has 4 nitrogen and oxygen atoms in total. The number of hydrogen-bond donors (Lipinski definition) is 1. The van der Waals surface area contributed by atoms with E-state index in [-0.39, 0.29) is 6.54 Å². The molecule has 2 rings (SSSR count). The average Bonchev–Trinajstić information content (AvgIpc) is 2.93. The van der Waals surface area contributed by atoms with Crippen molar-refractivity contribution in [2.45, 2.75) is 45.2 Å². The minimum Gasteiger partial charge on any atom is -0.480 e. The Labute approximate surface area is 119 Å². The number of aliphatic carboxylic acids is 1. The molecule has 1 fully saturated rings. The van der Waals surface area contributed by atoms with Gasteiger partial charge in [-0.15, -0.1) is 0 Å². The predicted molar refractivity (Wildman–Crippen MR) is 76.2 cm³/mol. The highest BCUT2D eigenvalue weighted by molar-refractivity contribution is 5.69. The fraction of sp³-hybridized carbons (Fsp3) is 0.500. The van der Waals surface area contributed by atoms with E-state index in [0.717, 1.165) is 24.0 Å². The van der Waals surface area contributed by atoms with Crippen LogP contribution in [0.3, 0.4) is 0 Å². The van der Waals surface area contributed by atoms with Gasteiger partial charge in [-0.05, 0) is 43.0 Å². The third-order valence-corrected chi connectivity index (χ3v) is 4.02.